The lowest BCUT2D eigenvalue weighted by Crippen LogP contribution is -2.37. The normalized spacial score (nSPS) is 13.3. The molecule has 0 saturated heterocycles. The maximum atomic E-state index is 12.0. The smallest absolute Gasteiger partial charge is 0.241 e. The standard InChI is InChI=1S/C11H13ClN4O3S2/c1-21(18,19)5-4-7(13)11(17)14-9-6(12)2-3-8-10(9)16-20-15-8/h2-3,7H,4-5,13H2,1H3,(H,14,17). The van der Waals surface area contributed by atoms with Crippen LogP contribution in [0, 0.1) is 0 Å². The molecule has 3 N–H and O–H groups in total. The molecule has 0 spiro atoms. The first-order valence-electron chi connectivity index (χ1n) is 5.93. The molecule has 1 heterocycles. The molecular formula is C11H13ClN4O3S2. The molecule has 10 heteroatoms. The summed E-state index contributed by atoms with van der Waals surface area (Å²) in [5.41, 5.74) is 7.12. The Morgan fingerprint density at radius 3 is 2.86 bits per heavy atom. The van der Waals surface area contributed by atoms with Crippen molar-refractivity contribution in [2.24, 2.45) is 5.73 Å². The second kappa shape index (κ2) is 6.22. The van der Waals surface area contributed by atoms with Gasteiger partial charge in [0, 0.05) is 6.26 Å². The molecule has 114 valence electrons. The first-order valence-corrected chi connectivity index (χ1v) is 9.10. The monoisotopic (exact) mass is 348 g/mol. The van der Waals surface area contributed by atoms with Crippen LogP contribution >= 0.6 is 23.3 Å². The number of nitrogens with two attached hydrogens (primary N) is 1. The van der Waals surface area contributed by atoms with Gasteiger partial charge in [-0.25, -0.2) is 8.42 Å². The van der Waals surface area contributed by atoms with Crippen molar-refractivity contribution < 1.29 is 13.2 Å². The minimum Gasteiger partial charge on any atom is -0.322 e. The number of aromatic nitrogens is 2. The van der Waals surface area contributed by atoms with Crippen LogP contribution in [0.4, 0.5) is 5.69 Å². The van der Waals surface area contributed by atoms with E-state index >= 15 is 0 Å². The van der Waals surface area contributed by atoms with Crippen LogP contribution in [0.3, 0.4) is 0 Å². The third-order valence-corrected chi connectivity index (χ3v) is 4.60. The summed E-state index contributed by atoms with van der Waals surface area (Å²) in [4.78, 5) is 12.0. The van der Waals surface area contributed by atoms with E-state index in [4.69, 9.17) is 17.3 Å². The molecule has 21 heavy (non-hydrogen) atoms. The summed E-state index contributed by atoms with van der Waals surface area (Å²) in [6.07, 6.45) is 1.13. The van der Waals surface area contributed by atoms with Gasteiger partial charge < -0.3 is 11.1 Å². The number of fused-ring (bicyclic) bond motifs is 1. The van der Waals surface area contributed by atoms with Gasteiger partial charge in [0.2, 0.25) is 5.91 Å². The fourth-order valence-corrected chi connectivity index (χ4v) is 3.06. The van der Waals surface area contributed by atoms with Gasteiger partial charge in [-0.05, 0) is 18.6 Å². The predicted molar refractivity (Wildman–Crippen MR) is 83.4 cm³/mol. The first-order chi connectivity index (χ1) is 9.78. The van der Waals surface area contributed by atoms with Gasteiger partial charge in [0.05, 0.1) is 34.2 Å². The second-order valence-electron chi connectivity index (χ2n) is 4.57. The molecule has 7 nitrogen and oxygen atoms in total. The number of carbonyl (C=O) groups is 1. The number of rotatable bonds is 5. The van der Waals surface area contributed by atoms with E-state index < -0.39 is 21.8 Å². The Kier molecular flexibility index (Phi) is 4.77. The number of hydrogen-bond acceptors (Lipinski definition) is 7. The molecule has 1 amide bonds. The molecule has 1 atom stereocenters. The second-order valence-corrected chi connectivity index (χ2v) is 7.76. The van der Waals surface area contributed by atoms with Crippen LogP contribution < -0.4 is 11.1 Å². The maximum absolute atomic E-state index is 12.0. The molecule has 1 aromatic carbocycles. The molecule has 1 aromatic heterocycles. The van der Waals surface area contributed by atoms with Gasteiger partial charge >= 0.3 is 0 Å². The number of amides is 1. The number of halogens is 1. The Morgan fingerprint density at radius 1 is 1.48 bits per heavy atom. The average molecular weight is 349 g/mol. The lowest BCUT2D eigenvalue weighted by molar-refractivity contribution is -0.117. The van der Waals surface area contributed by atoms with E-state index in [0.29, 0.717) is 21.7 Å². The molecule has 2 rings (SSSR count). The lowest BCUT2D eigenvalue weighted by Gasteiger charge is -2.12. The molecule has 0 fully saturated rings. The van der Waals surface area contributed by atoms with Crippen LogP contribution in [0.1, 0.15) is 6.42 Å². The number of nitrogens with one attached hydrogen (secondary N) is 1. The summed E-state index contributed by atoms with van der Waals surface area (Å²) in [5.74, 6) is -0.668. The SMILES string of the molecule is CS(=O)(=O)CCC(N)C(=O)Nc1c(Cl)ccc2nsnc12. The zero-order valence-electron chi connectivity index (χ0n) is 11.0. The fourth-order valence-electron chi connectivity index (χ4n) is 1.63. The van der Waals surface area contributed by atoms with Gasteiger partial charge in [-0.1, -0.05) is 11.6 Å². The third-order valence-electron chi connectivity index (χ3n) is 2.76. The summed E-state index contributed by atoms with van der Waals surface area (Å²) < 4.78 is 30.3. The summed E-state index contributed by atoms with van der Waals surface area (Å²) in [7, 11) is -3.17. The van der Waals surface area contributed by atoms with Gasteiger partial charge in [-0.15, -0.1) is 0 Å². The Hall–Kier alpha value is -1.29. The van der Waals surface area contributed by atoms with Crippen LogP contribution in [-0.2, 0) is 14.6 Å². The van der Waals surface area contributed by atoms with Gasteiger partial charge in [-0.3, -0.25) is 4.79 Å². The summed E-state index contributed by atoms with van der Waals surface area (Å²) in [6.45, 7) is 0. The van der Waals surface area contributed by atoms with Crippen molar-refractivity contribution in [3.8, 4) is 0 Å². The van der Waals surface area contributed by atoms with Crippen molar-refractivity contribution in [1.82, 2.24) is 8.75 Å². The highest BCUT2D eigenvalue weighted by Gasteiger charge is 2.19. The highest BCUT2D eigenvalue weighted by Crippen LogP contribution is 2.29. The van der Waals surface area contributed by atoms with E-state index in [1.165, 1.54) is 0 Å². The molecule has 0 aliphatic carbocycles. The molecule has 1 unspecified atom stereocenters. The van der Waals surface area contributed by atoms with E-state index in [9.17, 15) is 13.2 Å². The summed E-state index contributed by atoms with van der Waals surface area (Å²) >= 11 is 7.05. The van der Waals surface area contributed by atoms with Gasteiger partial charge in [0.1, 0.15) is 20.9 Å². The van der Waals surface area contributed by atoms with Crippen LogP contribution in [0.25, 0.3) is 11.0 Å². The number of benzene rings is 1. The quantitative estimate of drug-likeness (QED) is 0.834. The largest absolute Gasteiger partial charge is 0.322 e. The average Bonchev–Trinajstić information content (AvgIpc) is 2.86. The first kappa shape index (κ1) is 16.1. The minimum atomic E-state index is -3.17. The Morgan fingerprint density at radius 2 is 2.19 bits per heavy atom. The van der Waals surface area contributed by atoms with Crippen molar-refractivity contribution in [2.45, 2.75) is 12.5 Å². The third kappa shape index (κ3) is 4.10. The number of carbonyl (C=O) groups excluding carboxylic acids is 1. The molecule has 0 aliphatic heterocycles. The topological polar surface area (TPSA) is 115 Å². The molecule has 2 aromatic rings. The van der Waals surface area contributed by atoms with Crippen molar-refractivity contribution in [1.29, 1.82) is 0 Å². The number of anilines is 1. The van der Waals surface area contributed by atoms with E-state index in [1.807, 2.05) is 0 Å². The van der Waals surface area contributed by atoms with E-state index in [2.05, 4.69) is 14.1 Å². The Balaban J connectivity index is 2.14. The van der Waals surface area contributed by atoms with Crippen molar-refractivity contribution >= 4 is 55.8 Å². The number of nitrogens with zero attached hydrogens (tertiary/aromatic N) is 2. The van der Waals surface area contributed by atoms with E-state index in [0.717, 1.165) is 18.0 Å². The zero-order valence-corrected chi connectivity index (χ0v) is 13.4. The highest BCUT2D eigenvalue weighted by molar-refractivity contribution is 7.90. The van der Waals surface area contributed by atoms with E-state index in [-0.39, 0.29) is 12.2 Å². The van der Waals surface area contributed by atoms with Gasteiger partial charge in [0.15, 0.2) is 0 Å². The molecule has 0 bridgehead atoms. The molecule has 0 radical (unpaired) electrons. The molecule has 0 aliphatic rings. The fraction of sp³-hybridized carbons (Fsp3) is 0.364. The van der Waals surface area contributed by atoms with E-state index in [1.54, 1.807) is 12.1 Å². The minimum absolute atomic E-state index is 0.0353. The van der Waals surface area contributed by atoms with Gasteiger partial charge in [0.25, 0.3) is 0 Å². The number of sulfone groups is 1. The van der Waals surface area contributed by atoms with Crippen molar-refractivity contribution in [3.63, 3.8) is 0 Å². The summed E-state index contributed by atoms with van der Waals surface area (Å²) in [5, 5.41) is 2.91. The maximum Gasteiger partial charge on any atom is 0.241 e. The predicted octanol–water partition coefficient (Wildman–Crippen LogP) is 1.05. The summed E-state index contributed by atoms with van der Waals surface area (Å²) in [6, 6.07) is 2.35. The van der Waals surface area contributed by atoms with Gasteiger partial charge in [-0.2, -0.15) is 8.75 Å². The zero-order chi connectivity index (χ0) is 15.6. The number of hydrogen-bond donors (Lipinski definition) is 2. The van der Waals surface area contributed by atoms with Crippen molar-refractivity contribution in [2.75, 3.05) is 17.3 Å². The van der Waals surface area contributed by atoms with Crippen molar-refractivity contribution in [3.05, 3.63) is 17.2 Å². The van der Waals surface area contributed by atoms with Crippen LogP contribution in [0.5, 0.6) is 0 Å². The van der Waals surface area contributed by atoms with Crippen LogP contribution in [0.2, 0.25) is 5.02 Å². The molecule has 0 saturated carbocycles. The lowest BCUT2D eigenvalue weighted by atomic mass is 10.2. The Labute approximate surface area is 130 Å². The molecular weight excluding hydrogens is 336 g/mol. The highest BCUT2D eigenvalue weighted by atomic mass is 35.5. The van der Waals surface area contributed by atoms with Crippen LogP contribution in [0.15, 0.2) is 12.1 Å². The Bertz CT molecular complexity index is 775. The van der Waals surface area contributed by atoms with Crippen LogP contribution in [-0.4, -0.2) is 41.1 Å².